The number of hydrogen-bond acceptors (Lipinski definition) is 3. The number of benzene rings is 13. The second kappa shape index (κ2) is 21.9. The molecule has 0 bridgehead atoms. The molecule has 2 aliphatic rings. The van der Waals surface area contributed by atoms with E-state index < -0.39 is 0 Å². The molecule has 0 unspecified atom stereocenters. The Hall–Kier alpha value is -10.9. The highest BCUT2D eigenvalue weighted by Gasteiger charge is 2.45. The molecule has 0 aliphatic carbocycles. The molecule has 0 amide bonds. The highest BCUT2D eigenvalue weighted by atomic mass is 16.5. The maximum Gasteiger partial charge on any atom is 0.256 e. The zero-order valence-electron chi connectivity index (χ0n) is 55.3. The first-order chi connectivity index (χ1) is 46.0. The number of furan rings is 1. The van der Waals surface area contributed by atoms with E-state index >= 15 is 0 Å². The van der Waals surface area contributed by atoms with Crippen LogP contribution in [0.25, 0.3) is 116 Å². The van der Waals surface area contributed by atoms with Crippen LogP contribution in [-0.4, -0.2) is 11.3 Å². The molecule has 2 aliphatic heterocycles. The third-order valence-corrected chi connectivity index (χ3v) is 20.1. The molecule has 0 saturated heterocycles. The Morgan fingerprint density at radius 3 is 1.54 bits per heavy atom. The Balaban J connectivity index is 1.01. The lowest BCUT2D eigenvalue weighted by Crippen LogP contribution is -2.59. The molecule has 2 aromatic heterocycles. The van der Waals surface area contributed by atoms with Gasteiger partial charge in [-0.15, -0.1) is 0 Å². The number of fused-ring (bicyclic) bond motifs is 10. The minimum atomic E-state index is -0.278. The molecule has 95 heavy (non-hydrogen) atoms. The van der Waals surface area contributed by atoms with Gasteiger partial charge in [0.1, 0.15) is 22.7 Å². The Morgan fingerprint density at radius 2 is 0.853 bits per heavy atom. The molecular formula is C90H73BN2O2. The summed E-state index contributed by atoms with van der Waals surface area (Å²) in [5.74, 6) is 1.71. The van der Waals surface area contributed by atoms with Crippen molar-refractivity contribution in [3.63, 3.8) is 0 Å². The van der Waals surface area contributed by atoms with Gasteiger partial charge in [-0.05, 0) is 196 Å². The predicted molar refractivity (Wildman–Crippen MR) is 403 cm³/mol. The summed E-state index contributed by atoms with van der Waals surface area (Å²) < 4.78 is 17.0. The highest BCUT2D eigenvalue weighted by Crippen LogP contribution is 2.55. The molecule has 4 nitrogen and oxygen atoms in total. The molecule has 15 aromatic rings. The van der Waals surface area contributed by atoms with Crippen molar-refractivity contribution in [2.75, 3.05) is 4.90 Å². The van der Waals surface area contributed by atoms with Gasteiger partial charge in [-0.1, -0.05) is 250 Å². The second-order valence-corrected chi connectivity index (χ2v) is 29.3. The van der Waals surface area contributed by atoms with Crippen molar-refractivity contribution in [3.8, 4) is 83.9 Å². The average molecular weight is 1230 g/mol. The van der Waals surface area contributed by atoms with E-state index in [1.54, 1.807) is 0 Å². The lowest BCUT2D eigenvalue weighted by atomic mass is 9.34. The third kappa shape index (κ3) is 9.73. The van der Waals surface area contributed by atoms with E-state index in [9.17, 15) is 0 Å². The molecule has 4 heterocycles. The smallest absolute Gasteiger partial charge is 0.256 e. The molecular weight excluding hydrogens is 1150 g/mol. The lowest BCUT2D eigenvalue weighted by Gasteiger charge is -2.43. The molecule has 13 aromatic carbocycles. The maximum atomic E-state index is 7.64. The number of anilines is 3. The third-order valence-electron chi connectivity index (χ3n) is 20.1. The van der Waals surface area contributed by atoms with E-state index in [2.05, 4.69) is 351 Å². The standard InChI is InChI=1S/C90H73BN2O2/c1-88(2,3)64-31-23-30-58(49-64)63-51-79-86-83(52-63)95-81-45-42-59(62-47-60(56-26-13-10-14-27-56)46-61(48-62)57-28-15-11-16-29-57)50-75(81)91(86)74-44-43-65(89(4,5)6)55-78(74)93(79)87-72(68-36-24-39-77-84(68)70-34-19-21-38-76(70)92(77)67-32-17-12-18-33-67)53-66(90(7,8)9)54-73(87)69-37-25-41-82-85(69)71-35-20-22-40-80(71)94-82/h10-55H,1-9H3. The van der Waals surface area contributed by atoms with Gasteiger partial charge in [-0.25, -0.2) is 0 Å². The number of aromatic nitrogens is 1. The van der Waals surface area contributed by atoms with Crippen molar-refractivity contribution in [2.24, 2.45) is 0 Å². The predicted octanol–water partition coefficient (Wildman–Crippen LogP) is 23.0. The van der Waals surface area contributed by atoms with Crippen molar-refractivity contribution in [2.45, 2.75) is 78.6 Å². The number of rotatable bonds is 8. The van der Waals surface area contributed by atoms with Crippen molar-refractivity contribution < 1.29 is 9.15 Å². The van der Waals surface area contributed by atoms with Gasteiger partial charge in [-0.3, -0.25) is 0 Å². The van der Waals surface area contributed by atoms with Crippen LogP contribution in [0.15, 0.2) is 283 Å². The van der Waals surface area contributed by atoms with Crippen LogP contribution in [-0.2, 0) is 16.2 Å². The van der Waals surface area contributed by atoms with E-state index in [4.69, 9.17) is 9.15 Å². The summed E-state index contributed by atoms with van der Waals surface area (Å²) in [5, 5.41) is 4.56. The molecule has 0 radical (unpaired) electrons. The van der Waals surface area contributed by atoms with Crippen molar-refractivity contribution in [3.05, 3.63) is 296 Å². The first kappa shape index (κ1) is 58.0. The Bertz CT molecular complexity index is 5520. The first-order valence-electron chi connectivity index (χ1n) is 33.5. The summed E-state index contributed by atoms with van der Waals surface area (Å²) in [6.45, 7) is 20.8. The van der Waals surface area contributed by atoms with Crippen LogP contribution in [0.5, 0.6) is 11.5 Å². The Labute approximate surface area is 557 Å². The highest BCUT2D eigenvalue weighted by molar-refractivity contribution is 6.99. The van der Waals surface area contributed by atoms with Crippen molar-refractivity contribution in [1.82, 2.24) is 4.57 Å². The Kier molecular flexibility index (Phi) is 13.3. The normalized spacial score (nSPS) is 12.9. The van der Waals surface area contributed by atoms with Crippen LogP contribution in [0.3, 0.4) is 0 Å². The van der Waals surface area contributed by atoms with Gasteiger partial charge in [0.15, 0.2) is 0 Å². The summed E-state index contributed by atoms with van der Waals surface area (Å²) in [7, 11) is 0. The summed E-state index contributed by atoms with van der Waals surface area (Å²) >= 11 is 0. The summed E-state index contributed by atoms with van der Waals surface area (Å²) in [5.41, 5.74) is 28.7. The quantitative estimate of drug-likeness (QED) is 0.142. The van der Waals surface area contributed by atoms with E-state index in [0.717, 1.165) is 123 Å². The van der Waals surface area contributed by atoms with Crippen molar-refractivity contribution >= 4 is 83.9 Å². The average Bonchev–Trinajstić information content (AvgIpc) is 1.07. The molecule has 0 spiro atoms. The monoisotopic (exact) mass is 1220 g/mol. The summed E-state index contributed by atoms with van der Waals surface area (Å²) in [6.07, 6.45) is 0. The zero-order valence-corrected chi connectivity index (χ0v) is 55.3. The summed E-state index contributed by atoms with van der Waals surface area (Å²) in [6, 6.07) is 104. The molecule has 0 fully saturated rings. The largest absolute Gasteiger partial charge is 0.458 e. The van der Waals surface area contributed by atoms with Gasteiger partial charge in [0.2, 0.25) is 0 Å². The number of ether oxygens (including phenoxy) is 1. The molecule has 458 valence electrons. The first-order valence-corrected chi connectivity index (χ1v) is 33.5. The molecule has 0 N–H and O–H groups in total. The van der Waals surface area contributed by atoms with E-state index in [1.165, 1.54) is 55.2 Å². The van der Waals surface area contributed by atoms with Gasteiger partial charge >= 0.3 is 0 Å². The molecule has 0 atom stereocenters. The minimum Gasteiger partial charge on any atom is -0.458 e. The molecule has 0 saturated carbocycles. The Morgan fingerprint density at radius 1 is 0.316 bits per heavy atom. The minimum absolute atomic E-state index is 0.0882. The summed E-state index contributed by atoms with van der Waals surface area (Å²) in [4.78, 5) is 2.68. The zero-order chi connectivity index (χ0) is 64.6. The van der Waals surface area contributed by atoms with Gasteiger partial charge in [0, 0.05) is 49.7 Å². The van der Waals surface area contributed by atoms with E-state index in [1.807, 2.05) is 0 Å². The number of nitrogens with zero attached hydrogens (tertiary/aromatic N) is 2. The van der Waals surface area contributed by atoms with Crippen LogP contribution >= 0.6 is 0 Å². The van der Waals surface area contributed by atoms with Gasteiger partial charge < -0.3 is 18.6 Å². The lowest BCUT2D eigenvalue weighted by molar-refractivity contribution is 0.488. The molecule has 17 rings (SSSR count). The van der Waals surface area contributed by atoms with Crippen molar-refractivity contribution in [1.29, 1.82) is 0 Å². The second-order valence-electron chi connectivity index (χ2n) is 29.3. The topological polar surface area (TPSA) is 30.5 Å². The molecule has 5 heteroatoms. The van der Waals surface area contributed by atoms with E-state index in [0.29, 0.717) is 0 Å². The van der Waals surface area contributed by atoms with Gasteiger partial charge in [-0.2, -0.15) is 0 Å². The van der Waals surface area contributed by atoms with E-state index in [-0.39, 0.29) is 23.0 Å². The maximum absolute atomic E-state index is 7.64. The van der Waals surface area contributed by atoms with Gasteiger partial charge in [0.25, 0.3) is 6.71 Å². The van der Waals surface area contributed by atoms with Crippen LogP contribution in [0.1, 0.15) is 79.0 Å². The fourth-order valence-corrected chi connectivity index (χ4v) is 15.2. The van der Waals surface area contributed by atoms with Crippen LogP contribution < -0.4 is 26.0 Å². The van der Waals surface area contributed by atoms with Crippen LogP contribution in [0.4, 0.5) is 17.1 Å². The fraction of sp³-hybridized carbons (Fsp3) is 0.133. The SMILES string of the molecule is CC(C)(C)c1cccc(-c2cc3c4c(c2)N(c2c(-c5cccc6oc7ccccc7c56)cc(C(C)(C)C)cc2-c2cccc5c2c2ccccc2n5-c2ccccc2)c2cc(C(C)(C)C)ccc2B4c2cc(-c4cc(-c5ccccc5)cc(-c5ccccc5)c4)ccc2O3)c1. The van der Waals surface area contributed by atoms with Crippen LogP contribution in [0, 0.1) is 0 Å². The number of para-hydroxylation sites is 3. The van der Waals surface area contributed by atoms with Crippen LogP contribution in [0.2, 0.25) is 0 Å². The number of hydrogen-bond donors (Lipinski definition) is 0. The fourth-order valence-electron chi connectivity index (χ4n) is 15.2. The van der Waals surface area contributed by atoms with Gasteiger partial charge in [0.05, 0.1) is 16.7 Å².